The molecule has 0 amide bonds. The second-order valence-electron chi connectivity index (χ2n) is 27.5. The minimum absolute atomic E-state index is 0.0678. The second-order valence-corrected chi connectivity index (χ2v) is 27.5. The van der Waals surface area contributed by atoms with E-state index in [9.17, 15) is 25.5 Å². The fourth-order valence-corrected chi connectivity index (χ4v) is 12.8. The van der Waals surface area contributed by atoms with E-state index in [-0.39, 0.29) is 39.4 Å². The molecule has 0 aromatic heterocycles. The number of rotatable bonds is 6. The van der Waals surface area contributed by atoms with Gasteiger partial charge in [0.05, 0.1) is 5.56 Å². The molecular formula is C73H74BN3O5. The topological polar surface area (TPSA) is 111 Å². The van der Waals surface area contributed by atoms with Gasteiger partial charge >= 0.3 is 0 Å². The van der Waals surface area contributed by atoms with Gasteiger partial charge in [-0.15, -0.1) is 0 Å². The summed E-state index contributed by atoms with van der Waals surface area (Å²) in [5.41, 5.74) is 22.5. The summed E-state index contributed by atoms with van der Waals surface area (Å²) < 4.78 is 0. The van der Waals surface area contributed by atoms with Gasteiger partial charge in [-0.05, 0) is 167 Å². The van der Waals surface area contributed by atoms with Gasteiger partial charge in [0.1, 0.15) is 0 Å². The number of anilines is 9. The van der Waals surface area contributed by atoms with Gasteiger partial charge in [0, 0.05) is 56.6 Å². The molecule has 0 saturated carbocycles. The normalized spacial score (nSPS) is 14.2. The minimum atomic E-state index is -1.00. The summed E-state index contributed by atoms with van der Waals surface area (Å²) in [5.74, 6) is -4.35. The van der Waals surface area contributed by atoms with Gasteiger partial charge in [0.15, 0.2) is 11.5 Å². The molecule has 0 bridgehead atoms. The van der Waals surface area contributed by atoms with Crippen LogP contribution in [0.25, 0.3) is 22.3 Å². The predicted molar refractivity (Wildman–Crippen MR) is 341 cm³/mol. The van der Waals surface area contributed by atoms with Crippen LogP contribution < -0.4 is 31.1 Å². The molecule has 0 radical (unpaired) electrons. The van der Waals surface area contributed by atoms with Gasteiger partial charge in [-0.3, -0.25) is 0 Å². The quantitative estimate of drug-likeness (QED) is 0.0636. The first-order chi connectivity index (χ1) is 38.5. The Balaban J connectivity index is 1.13. The molecule has 414 valence electrons. The van der Waals surface area contributed by atoms with Crippen LogP contribution in [0.3, 0.4) is 0 Å². The van der Waals surface area contributed by atoms with Crippen LogP contribution in [0.2, 0.25) is 0 Å². The first kappa shape index (κ1) is 54.1. The first-order valence-corrected chi connectivity index (χ1v) is 28.7. The van der Waals surface area contributed by atoms with E-state index in [1.807, 2.05) is 12.1 Å². The third-order valence-corrected chi connectivity index (χ3v) is 17.6. The zero-order valence-corrected chi connectivity index (χ0v) is 49.7. The molecule has 9 heteroatoms. The van der Waals surface area contributed by atoms with Crippen LogP contribution in [0.15, 0.2) is 164 Å². The Morgan fingerprint density at radius 2 is 0.854 bits per heavy atom. The zero-order chi connectivity index (χ0) is 58.5. The van der Waals surface area contributed by atoms with Crippen LogP contribution in [-0.2, 0) is 27.1 Å². The van der Waals surface area contributed by atoms with Gasteiger partial charge in [-0.1, -0.05) is 182 Å². The first-order valence-electron chi connectivity index (χ1n) is 28.7. The average Bonchev–Trinajstić information content (AvgIpc) is 2.08. The maximum absolute atomic E-state index is 11.0. The molecule has 1 aliphatic carbocycles. The molecule has 2 aliphatic heterocycles. The molecule has 9 aromatic carbocycles. The van der Waals surface area contributed by atoms with E-state index in [1.54, 1.807) is 12.1 Å². The molecular weight excluding hydrogens is 1010 g/mol. The molecule has 2 heterocycles. The lowest BCUT2D eigenvalue weighted by Crippen LogP contribution is -2.61. The fourth-order valence-electron chi connectivity index (χ4n) is 12.8. The fraction of sp³-hybridized carbons (Fsp3) is 0.260. The smallest absolute Gasteiger partial charge is 0.252 e. The number of fused-ring (bicyclic) bond motifs is 7. The van der Waals surface area contributed by atoms with Crippen molar-refractivity contribution in [3.63, 3.8) is 0 Å². The SMILES string of the molecule is CC(C)(C)c1ccc(N(c2ccc(-c3c(O)c(O)c(O)c(O)c3O)cc2)c2ccc3c(c2)N(c2ccc(C(C)(C)C)cc2)c2cc(C(C)(C)C)cc4c2B3c2cc(C(C)(C)C)ccc2N4c2ccc3c(c2)-c2ccccc2C3(C)C)cc1. The molecule has 9 aromatic rings. The summed E-state index contributed by atoms with van der Waals surface area (Å²) in [6, 6.07) is 60.0. The minimum Gasteiger partial charge on any atom is -0.504 e. The summed E-state index contributed by atoms with van der Waals surface area (Å²) in [6.07, 6.45) is 0. The lowest BCUT2D eigenvalue weighted by molar-refractivity contribution is 0.330. The van der Waals surface area contributed by atoms with Crippen LogP contribution in [-0.4, -0.2) is 32.2 Å². The molecule has 5 N–H and O–H groups in total. The number of hydrogen-bond donors (Lipinski definition) is 5. The summed E-state index contributed by atoms with van der Waals surface area (Å²) in [4.78, 5) is 7.26. The van der Waals surface area contributed by atoms with E-state index >= 15 is 0 Å². The van der Waals surface area contributed by atoms with Gasteiger partial charge in [0.25, 0.3) is 6.71 Å². The monoisotopic (exact) mass is 1080 g/mol. The number of phenolic OH excluding ortho intramolecular Hbond substituents is 5. The van der Waals surface area contributed by atoms with Crippen molar-refractivity contribution in [3.05, 3.63) is 197 Å². The van der Waals surface area contributed by atoms with E-state index in [0.29, 0.717) is 5.56 Å². The van der Waals surface area contributed by atoms with Gasteiger partial charge in [0.2, 0.25) is 17.2 Å². The van der Waals surface area contributed by atoms with Crippen molar-refractivity contribution in [1.82, 2.24) is 0 Å². The van der Waals surface area contributed by atoms with Crippen LogP contribution in [0.1, 0.15) is 130 Å². The third kappa shape index (κ3) is 8.57. The lowest BCUT2D eigenvalue weighted by Gasteiger charge is -2.45. The highest BCUT2D eigenvalue weighted by Gasteiger charge is 2.46. The van der Waals surface area contributed by atoms with Crippen LogP contribution in [0.5, 0.6) is 28.7 Å². The Hall–Kier alpha value is -8.56. The molecule has 0 unspecified atom stereocenters. The third-order valence-electron chi connectivity index (χ3n) is 17.6. The van der Waals surface area contributed by atoms with E-state index in [2.05, 4.69) is 251 Å². The van der Waals surface area contributed by atoms with Gasteiger partial charge in [-0.2, -0.15) is 0 Å². The summed E-state index contributed by atoms with van der Waals surface area (Å²) in [7, 11) is 0. The Morgan fingerprint density at radius 3 is 1.43 bits per heavy atom. The summed E-state index contributed by atoms with van der Waals surface area (Å²) in [6.45, 7) is 31.8. The van der Waals surface area contributed by atoms with Gasteiger partial charge < -0.3 is 40.2 Å². The molecule has 12 rings (SSSR count). The molecule has 8 nitrogen and oxygen atoms in total. The van der Waals surface area contributed by atoms with E-state index in [4.69, 9.17) is 0 Å². The van der Waals surface area contributed by atoms with Crippen molar-refractivity contribution < 1.29 is 25.5 Å². The molecule has 3 aliphatic rings. The molecule has 0 spiro atoms. The van der Waals surface area contributed by atoms with Crippen molar-refractivity contribution in [2.24, 2.45) is 0 Å². The maximum Gasteiger partial charge on any atom is 0.252 e. The molecule has 0 fully saturated rings. The standard InChI is InChI=1S/C73H74BN3O5/c1-69(2,3)43-21-28-48(29-22-43)75(47-26-19-42(20-27-47)62-64(78)66(80)68(82)67(81)65(62)79)51-33-35-56-59(41-51)76(49-30-23-44(24-31-49)70(4,5)6)60-38-46(72(10,11)12)39-61-63(60)74(56)57-37-45(71(7,8)9)25-36-58(57)77(61)50-32-34-55-53(40-50)52-17-15-16-18-54(52)73(55,13)14/h15-41,78-82H,1-14H3. The number of benzene rings is 9. The maximum atomic E-state index is 11.0. The molecule has 0 atom stereocenters. The van der Waals surface area contributed by atoms with Crippen molar-refractivity contribution >= 4 is 74.3 Å². The number of aromatic hydroxyl groups is 5. The Kier molecular flexibility index (Phi) is 12.2. The van der Waals surface area contributed by atoms with Crippen LogP contribution >= 0.6 is 0 Å². The Labute approximate surface area is 484 Å². The molecule has 82 heavy (non-hydrogen) atoms. The largest absolute Gasteiger partial charge is 0.504 e. The number of hydrogen-bond acceptors (Lipinski definition) is 8. The summed E-state index contributed by atoms with van der Waals surface area (Å²) >= 11 is 0. The number of phenols is 5. The lowest BCUT2D eigenvalue weighted by atomic mass is 9.33. The average molecular weight is 1080 g/mol. The highest BCUT2D eigenvalue weighted by atomic mass is 16.4. The highest BCUT2D eigenvalue weighted by molar-refractivity contribution is 7.00. The highest BCUT2D eigenvalue weighted by Crippen LogP contribution is 2.56. The van der Waals surface area contributed by atoms with Crippen molar-refractivity contribution in [2.45, 2.75) is 124 Å². The van der Waals surface area contributed by atoms with Crippen molar-refractivity contribution in [1.29, 1.82) is 0 Å². The zero-order valence-electron chi connectivity index (χ0n) is 49.7. The predicted octanol–water partition coefficient (Wildman–Crippen LogP) is 16.9. The van der Waals surface area contributed by atoms with Crippen molar-refractivity contribution in [2.75, 3.05) is 14.7 Å². The Morgan fingerprint density at radius 1 is 0.378 bits per heavy atom. The Bertz CT molecular complexity index is 4030. The number of nitrogens with zero attached hydrogens (tertiary/aromatic N) is 3. The van der Waals surface area contributed by atoms with Crippen LogP contribution in [0.4, 0.5) is 51.2 Å². The molecule has 0 saturated heterocycles. The van der Waals surface area contributed by atoms with Crippen LogP contribution in [0, 0.1) is 0 Å². The van der Waals surface area contributed by atoms with Crippen molar-refractivity contribution in [3.8, 4) is 51.0 Å². The van der Waals surface area contributed by atoms with E-state index < -0.39 is 28.7 Å². The van der Waals surface area contributed by atoms with Gasteiger partial charge in [-0.25, -0.2) is 0 Å². The van der Waals surface area contributed by atoms with E-state index in [1.165, 1.54) is 60.9 Å². The summed E-state index contributed by atoms with van der Waals surface area (Å²) in [5, 5.41) is 53.4. The second kappa shape index (κ2) is 18.5. The van der Waals surface area contributed by atoms with E-state index in [0.717, 1.165) is 51.2 Å².